The van der Waals surface area contributed by atoms with Gasteiger partial charge in [-0.25, -0.2) is 4.79 Å². The minimum absolute atomic E-state index is 0.0988. The summed E-state index contributed by atoms with van der Waals surface area (Å²) in [7, 11) is 0. The molecule has 0 aliphatic heterocycles. The van der Waals surface area contributed by atoms with E-state index in [1.54, 1.807) is 53.2 Å². The van der Waals surface area contributed by atoms with Crippen LogP contribution in [0.25, 0.3) is 10.8 Å². The molecule has 0 aliphatic rings. The van der Waals surface area contributed by atoms with Crippen molar-refractivity contribution in [3.05, 3.63) is 70.6 Å². The molecule has 3 rings (SSSR count). The summed E-state index contributed by atoms with van der Waals surface area (Å²) in [5, 5.41) is 1.11. The highest BCUT2D eigenvalue weighted by Crippen LogP contribution is 2.21. The molecule has 146 valence electrons. The molecule has 0 atom stereocenters. The van der Waals surface area contributed by atoms with Gasteiger partial charge in [-0.05, 0) is 42.7 Å². The number of esters is 1. The summed E-state index contributed by atoms with van der Waals surface area (Å²) in [5.74, 6) is 0.950. The van der Waals surface area contributed by atoms with Crippen molar-refractivity contribution < 1.29 is 14.3 Å². The number of hydrogen-bond acceptors (Lipinski definition) is 4. The molecule has 1 aromatic heterocycles. The summed E-state index contributed by atoms with van der Waals surface area (Å²) in [4.78, 5) is 25.6. The van der Waals surface area contributed by atoms with Gasteiger partial charge in [-0.1, -0.05) is 39.0 Å². The fourth-order valence-corrected chi connectivity index (χ4v) is 3.02. The maximum atomic E-state index is 12.9. The van der Waals surface area contributed by atoms with E-state index in [0.29, 0.717) is 35.2 Å². The zero-order valence-electron chi connectivity index (χ0n) is 16.5. The van der Waals surface area contributed by atoms with Gasteiger partial charge in [0.1, 0.15) is 11.5 Å². The maximum Gasteiger partial charge on any atom is 0.345 e. The molecule has 5 nitrogen and oxygen atoms in total. The number of carbonyl (C=O) groups is 1. The Bertz CT molecular complexity index is 1020. The van der Waals surface area contributed by atoms with E-state index in [2.05, 4.69) is 0 Å². The molecule has 5 heteroatoms. The van der Waals surface area contributed by atoms with Crippen molar-refractivity contribution in [1.82, 2.24) is 4.57 Å². The van der Waals surface area contributed by atoms with Crippen molar-refractivity contribution in [1.29, 1.82) is 0 Å². The lowest BCUT2D eigenvalue weighted by atomic mass is 10.1. The molecule has 0 spiro atoms. The normalized spacial score (nSPS) is 11.0. The lowest BCUT2D eigenvalue weighted by molar-refractivity contribution is 0.0735. The predicted octanol–water partition coefficient (Wildman–Crippen LogP) is 4.67. The van der Waals surface area contributed by atoms with Crippen molar-refractivity contribution in [2.24, 2.45) is 5.92 Å². The van der Waals surface area contributed by atoms with Gasteiger partial charge in [0.05, 0.1) is 12.2 Å². The van der Waals surface area contributed by atoms with Gasteiger partial charge in [-0.2, -0.15) is 0 Å². The number of nitrogens with zero attached hydrogens (tertiary/aromatic N) is 1. The number of fused-ring (bicyclic) bond motifs is 1. The highest BCUT2D eigenvalue weighted by Gasteiger charge is 2.17. The Labute approximate surface area is 164 Å². The summed E-state index contributed by atoms with van der Waals surface area (Å²) in [6.07, 6.45) is 2.53. The second-order valence-corrected chi connectivity index (χ2v) is 7.15. The molecule has 28 heavy (non-hydrogen) atoms. The fraction of sp³-hybridized carbons (Fsp3) is 0.304. The first kappa shape index (κ1) is 19.7. The van der Waals surface area contributed by atoms with Crippen LogP contribution in [-0.4, -0.2) is 17.1 Å². The minimum atomic E-state index is -0.490. The van der Waals surface area contributed by atoms with Gasteiger partial charge in [-0.15, -0.1) is 0 Å². The fourth-order valence-electron chi connectivity index (χ4n) is 3.02. The van der Waals surface area contributed by atoms with Gasteiger partial charge in [0.25, 0.3) is 5.56 Å². The number of carbonyl (C=O) groups excluding carboxylic acids is 1. The van der Waals surface area contributed by atoms with E-state index < -0.39 is 5.97 Å². The number of ether oxygens (including phenoxy) is 2. The Morgan fingerprint density at radius 1 is 1.00 bits per heavy atom. The summed E-state index contributed by atoms with van der Waals surface area (Å²) in [6, 6.07) is 14.1. The van der Waals surface area contributed by atoms with Gasteiger partial charge in [0.15, 0.2) is 0 Å². The first-order valence-electron chi connectivity index (χ1n) is 9.56. The monoisotopic (exact) mass is 379 g/mol. The molecular weight excluding hydrogens is 354 g/mol. The Kier molecular flexibility index (Phi) is 6.14. The van der Waals surface area contributed by atoms with E-state index in [0.717, 1.165) is 12.2 Å². The zero-order chi connectivity index (χ0) is 20.1. The topological polar surface area (TPSA) is 57.5 Å². The van der Waals surface area contributed by atoms with Crippen LogP contribution in [0.4, 0.5) is 0 Å². The van der Waals surface area contributed by atoms with Crippen LogP contribution < -0.4 is 15.0 Å². The van der Waals surface area contributed by atoms with Crippen LogP contribution in [0.2, 0.25) is 0 Å². The second-order valence-electron chi connectivity index (χ2n) is 7.15. The van der Waals surface area contributed by atoms with Crippen LogP contribution in [0, 0.1) is 5.92 Å². The van der Waals surface area contributed by atoms with Crippen molar-refractivity contribution in [2.45, 2.75) is 33.7 Å². The van der Waals surface area contributed by atoms with Crippen LogP contribution in [0.1, 0.15) is 37.6 Å². The van der Waals surface area contributed by atoms with Gasteiger partial charge >= 0.3 is 5.97 Å². The molecule has 0 radical (unpaired) electrons. The smallest absolute Gasteiger partial charge is 0.345 e. The SMILES string of the molecule is CCCOc1ccc(OC(=O)c2cn(CC(C)C)c(=O)c3ccccc23)cc1. The summed E-state index contributed by atoms with van der Waals surface area (Å²) in [6.45, 7) is 7.28. The molecular formula is C23H25NO4. The van der Waals surface area contributed by atoms with Gasteiger partial charge in [-0.3, -0.25) is 4.79 Å². The summed E-state index contributed by atoms with van der Waals surface area (Å²) < 4.78 is 12.7. The number of pyridine rings is 1. The van der Waals surface area contributed by atoms with E-state index in [1.165, 1.54) is 0 Å². The maximum absolute atomic E-state index is 12.9. The first-order valence-corrected chi connectivity index (χ1v) is 9.56. The first-order chi connectivity index (χ1) is 13.5. The lowest BCUT2D eigenvalue weighted by Crippen LogP contribution is -2.25. The van der Waals surface area contributed by atoms with Crippen LogP contribution in [0.15, 0.2) is 59.5 Å². The van der Waals surface area contributed by atoms with Crippen LogP contribution in [-0.2, 0) is 6.54 Å². The Morgan fingerprint density at radius 3 is 2.29 bits per heavy atom. The Morgan fingerprint density at radius 2 is 1.64 bits per heavy atom. The molecule has 0 unspecified atom stereocenters. The third-order valence-electron chi connectivity index (χ3n) is 4.28. The van der Waals surface area contributed by atoms with Crippen molar-refractivity contribution in [3.8, 4) is 11.5 Å². The molecule has 1 heterocycles. The van der Waals surface area contributed by atoms with E-state index in [1.807, 2.05) is 26.8 Å². The highest BCUT2D eigenvalue weighted by molar-refractivity contribution is 6.04. The molecule has 0 aliphatic carbocycles. The molecule has 0 fully saturated rings. The third kappa shape index (κ3) is 4.42. The molecule has 0 amide bonds. The average Bonchev–Trinajstić information content (AvgIpc) is 2.69. The van der Waals surface area contributed by atoms with E-state index >= 15 is 0 Å². The molecule has 0 bridgehead atoms. The van der Waals surface area contributed by atoms with Crippen LogP contribution in [0.5, 0.6) is 11.5 Å². The number of rotatable bonds is 7. The summed E-state index contributed by atoms with van der Waals surface area (Å²) in [5.41, 5.74) is 0.278. The molecule has 0 saturated carbocycles. The van der Waals surface area contributed by atoms with Crippen molar-refractivity contribution in [3.63, 3.8) is 0 Å². The number of hydrogen-bond donors (Lipinski definition) is 0. The van der Waals surface area contributed by atoms with Gasteiger partial charge in [0.2, 0.25) is 0 Å². The molecule has 3 aromatic rings. The zero-order valence-corrected chi connectivity index (χ0v) is 16.5. The minimum Gasteiger partial charge on any atom is -0.494 e. The predicted molar refractivity (Wildman–Crippen MR) is 110 cm³/mol. The van der Waals surface area contributed by atoms with Gasteiger partial charge in [0, 0.05) is 23.5 Å². The van der Waals surface area contributed by atoms with Crippen LogP contribution in [0.3, 0.4) is 0 Å². The van der Waals surface area contributed by atoms with Gasteiger partial charge < -0.3 is 14.0 Å². The average molecular weight is 379 g/mol. The molecule has 2 aromatic carbocycles. The highest BCUT2D eigenvalue weighted by atomic mass is 16.5. The molecule has 0 N–H and O–H groups in total. The van der Waals surface area contributed by atoms with E-state index in [-0.39, 0.29) is 11.5 Å². The largest absolute Gasteiger partial charge is 0.494 e. The second kappa shape index (κ2) is 8.74. The Hall–Kier alpha value is -3.08. The van der Waals surface area contributed by atoms with Crippen molar-refractivity contribution in [2.75, 3.05) is 6.61 Å². The van der Waals surface area contributed by atoms with Crippen molar-refractivity contribution >= 4 is 16.7 Å². The number of benzene rings is 2. The lowest BCUT2D eigenvalue weighted by Gasteiger charge is -2.13. The van der Waals surface area contributed by atoms with E-state index in [4.69, 9.17) is 9.47 Å². The third-order valence-corrected chi connectivity index (χ3v) is 4.28. The molecule has 0 saturated heterocycles. The quantitative estimate of drug-likeness (QED) is 0.442. The van der Waals surface area contributed by atoms with E-state index in [9.17, 15) is 9.59 Å². The standard InChI is InChI=1S/C23H25NO4/c1-4-13-27-17-9-11-18(12-10-17)28-23(26)21-15-24(14-16(2)3)22(25)20-8-6-5-7-19(20)21/h5-12,15-16H,4,13-14H2,1-3H3. The summed E-state index contributed by atoms with van der Waals surface area (Å²) >= 11 is 0. The van der Waals surface area contributed by atoms with Crippen LogP contribution >= 0.6 is 0 Å². The Balaban J connectivity index is 1.92. The number of aromatic nitrogens is 1.